The van der Waals surface area contributed by atoms with E-state index in [0.29, 0.717) is 0 Å². The number of rotatable bonds is 23. The topological polar surface area (TPSA) is 601 Å². The third-order valence-electron chi connectivity index (χ3n) is 16.4. The number of hydrogen-bond acceptors (Lipinski definition) is 35. The molecule has 39 nitrogen and oxygen atoms in total. The molecule has 21 unspecified atom stereocenters. The molecule has 7 fully saturated rings. The highest BCUT2D eigenvalue weighted by Gasteiger charge is 2.59. The van der Waals surface area contributed by atoms with Gasteiger partial charge in [-0.05, 0) is 6.92 Å². The summed E-state index contributed by atoms with van der Waals surface area (Å²) in [6.45, 7) is -1.24. The third kappa shape index (κ3) is 16.5. The van der Waals surface area contributed by atoms with Crippen molar-refractivity contribution in [3.8, 4) is 0 Å². The van der Waals surface area contributed by atoms with Crippen LogP contribution in [0.4, 0.5) is 0 Å². The second-order valence-electron chi connectivity index (χ2n) is 22.9. The quantitative estimate of drug-likeness (QED) is 0.0452. The Labute approximate surface area is 512 Å². The van der Waals surface area contributed by atoms with E-state index in [0.717, 1.165) is 27.7 Å². The molecule has 35 atom stereocenters. The normalized spacial score (nSPS) is 47.6. The summed E-state index contributed by atoms with van der Waals surface area (Å²) in [5.41, 5.74) is 0. The summed E-state index contributed by atoms with van der Waals surface area (Å²) in [7, 11) is 0. The van der Waals surface area contributed by atoms with Gasteiger partial charge in [-0.3, -0.25) is 19.2 Å². The van der Waals surface area contributed by atoms with Crippen molar-refractivity contribution in [2.45, 2.75) is 249 Å². The van der Waals surface area contributed by atoms with Crippen molar-refractivity contribution in [1.82, 2.24) is 21.3 Å². The third-order valence-corrected chi connectivity index (χ3v) is 16.4. The standard InChI is InChI=1S/C51H86N4O35/c1-13-25(52-14(2)62)36(73)41(22(10-60)79-13)86-48-28(55-17(5)65)37(74)42(23(11-61)84-48)87-49-40(77)43(88-51-45(39(76)32(69)21(9-59)83-51)90-47-27(54-16(4)64)35(72)30(67)19(7-57)81-47)33(70)24(85-49)12-78-50-44(38(75)31(68)20(8-58)82-50)89-46-26(53-15(3)63)34(71)29(66)18(6-56)80-46/h13,18-51,56-61,66-77H,6-12H2,1-5H3,(H,52,62)(H,53,63)(H,54,64)(H,55,65)/t13-,18?,19?,20?,21?,22?,23?,24?,25?,26?,27?,28?,29+,30+,31+,32+,33+,34?,35?,36?,37?,38?,39?,40?,41+,42+,43?,44?,45?,46-,47-,48-,49-,50-,51+/m0/s1. The molecule has 7 aliphatic rings. The van der Waals surface area contributed by atoms with E-state index >= 15 is 0 Å². The predicted octanol–water partition coefficient (Wildman–Crippen LogP) is -14.6. The van der Waals surface area contributed by atoms with Crippen LogP contribution in [0.5, 0.6) is 0 Å². The number of aliphatic hydroxyl groups is 18. The smallest absolute Gasteiger partial charge is 0.217 e. The lowest BCUT2D eigenvalue weighted by molar-refractivity contribution is -0.395. The Morgan fingerprint density at radius 3 is 1.02 bits per heavy atom. The van der Waals surface area contributed by atoms with Gasteiger partial charge >= 0.3 is 0 Å². The van der Waals surface area contributed by atoms with E-state index in [1.807, 2.05) is 0 Å². The fourth-order valence-corrected chi connectivity index (χ4v) is 11.7. The molecule has 22 N–H and O–H groups in total. The van der Waals surface area contributed by atoms with Gasteiger partial charge in [-0.2, -0.15) is 0 Å². The monoisotopic (exact) mass is 1310 g/mol. The van der Waals surface area contributed by atoms with Crippen LogP contribution in [0.3, 0.4) is 0 Å². The molecule has 0 aromatic rings. The van der Waals surface area contributed by atoms with Gasteiger partial charge in [0.2, 0.25) is 23.6 Å². The minimum atomic E-state index is -2.42. The second kappa shape index (κ2) is 32.4. The van der Waals surface area contributed by atoms with Crippen LogP contribution >= 0.6 is 0 Å². The molecule has 90 heavy (non-hydrogen) atoms. The predicted molar refractivity (Wildman–Crippen MR) is 282 cm³/mol. The van der Waals surface area contributed by atoms with Crippen LogP contribution in [-0.2, 0) is 80.8 Å². The lowest BCUT2D eigenvalue weighted by atomic mass is 9.92. The van der Waals surface area contributed by atoms with E-state index in [1.54, 1.807) is 0 Å². The van der Waals surface area contributed by atoms with E-state index in [9.17, 15) is 111 Å². The summed E-state index contributed by atoms with van der Waals surface area (Å²) in [5, 5.41) is 209. The molecule has 4 amide bonds. The van der Waals surface area contributed by atoms with E-state index < -0.39 is 284 Å². The van der Waals surface area contributed by atoms with Gasteiger partial charge < -0.3 is 175 Å². The second-order valence-corrected chi connectivity index (χ2v) is 22.9. The highest BCUT2D eigenvalue weighted by atomic mass is 16.8. The summed E-state index contributed by atoms with van der Waals surface area (Å²) >= 11 is 0. The van der Waals surface area contributed by atoms with Gasteiger partial charge in [-0.15, -0.1) is 0 Å². The molecule has 0 saturated carbocycles. The Hall–Kier alpha value is -3.36. The lowest BCUT2D eigenvalue weighted by Gasteiger charge is -2.51. The van der Waals surface area contributed by atoms with Gasteiger partial charge in [-0.1, -0.05) is 0 Å². The summed E-state index contributed by atoms with van der Waals surface area (Å²) < 4.78 is 77.4. The minimum absolute atomic E-state index is 0.591. The van der Waals surface area contributed by atoms with Crippen molar-refractivity contribution in [3.63, 3.8) is 0 Å². The van der Waals surface area contributed by atoms with Crippen molar-refractivity contribution in [1.29, 1.82) is 0 Å². The van der Waals surface area contributed by atoms with Crippen LogP contribution in [-0.4, -0.2) is 376 Å². The fraction of sp³-hybridized carbons (Fsp3) is 0.922. The maximum absolute atomic E-state index is 12.8. The Balaban J connectivity index is 1.25. The van der Waals surface area contributed by atoms with Gasteiger partial charge in [-0.25, -0.2) is 0 Å². The van der Waals surface area contributed by atoms with Crippen LogP contribution in [0.2, 0.25) is 0 Å². The maximum Gasteiger partial charge on any atom is 0.217 e. The first-order chi connectivity index (χ1) is 42.5. The molecule has 0 aliphatic carbocycles. The first kappa shape index (κ1) is 74.0. The number of aliphatic hydroxyl groups excluding tert-OH is 18. The van der Waals surface area contributed by atoms with E-state index in [2.05, 4.69) is 21.3 Å². The van der Waals surface area contributed by atoms with Crippen molar-refractivity contribution < 1.29 is 173 Å². The fourth-order valence-electron chi connectivity index (χ4n) is 11.7. The Kier molecular flexibility index (Phi) is 26.6. The zero-order valence-corrected chi connectivity index (χ0v) is 49.1. The lowest BCUT2D eigenvalue weighted by Crippen LogP contribution is -2.70. The Morgan fingerprint density at radius 1 is 0.300 bits per heavy atom. The van der Waals surface area contributed by atoms with Crippen LogP contribution in [0.15, 0.2) is 0 Å². The van der Waals surface area contributed by atoms with E-state index in [1.165, 1.54) is 6.92 Å². The van der Waals surface area contributed by atoms with Crippen molar-refractivity contribution in [3.05, 3.63) is 0 Å². The molecular formula is C51H86N4O35. The zero-order chi connectivity index (χ0) is 66.5. The summed E-state index contributed by atoms with van der Waals surface area (Å²) in [6, 6.07) is -6.32. The van der Waals surface area contributed by atoms with Crippen LogP contribution < -0.4 is 21.3 Å². The van der Waals surface area contributed by atoms with Gasteiger partial charge in [0.05, 0.1) is 58.4 Å². The molecule has 7 saturated heterocycles. The Morgan fingerprint density at radius 2 is 0.600 bits per heavy atom. The molecule has 39 heteroatoms. The molecular weight excluding hydrogens is 1230 g/mol. The van der Waals surface area contributed by atoms with Crippen LogP contribution in [0, 0.1) is 0 Å². The number of amides is 4. The molecule has 0 radical (unpaired) electrons. The van der Waals surface area contributed by atoms with Gasteiger partial charge in [0.15, 0.2) is 37.7 Å². The highest BCUT2D eigenvalue weighted by molar-refractivity contribution is 5.74. The first-order valence-corrected chi connectivity index (χ1v) is 28.9. The molecule has 0 spiro atoms. The first-order valence-electron chi connectivity index (χ1n) is 28.9. The van der Waals surface area contributed by atoms with Crippen LogP contribution in [0.25, 0.3) is 0 Å². The largest absolute Gasteiger partial charge is 0.394 e. The summed E-state index contributed by atoms with van der Waals surface area (Å²) in [5.74, 6) is -3.06. The molecule has 520 valence electrons. The van der Waals surface area contributed by atoms with Crippen molar-refractivity contribution in [2.75, 3.05) is 46.2 Å². The van der Waals surface area contributed by atoms with E-state index in [-0.39, 0.29) is 0 Å². The molecule has 0 aromatic heterocycles. The molecule has 0 aromatic carbocycles. The molecule has 7 heterocycles. The SMILES string of the molecule is CC(=O)NC1C(O)[C@H](O)C(CO)O[C@H]1OC1C(O)[C@H](O)C(CO)O[C@@H]1OC1C(O)[C@H](O[C@@H]2C(CO)O[C@@H](O[C@@H]3C(CO)O[C@@H](C)C(NC(C)=O)C3O)C(NC(C)=O)C2O)OC(CO[C@H]2OC(CO)[C@@H](O)C(O)C2O[C@@H]2OC(CO)[C@@H](O)C(O)C2NC(C)=O)[C@H]1O. The summed E-state index contributed by atoms with van der Waals surface area (Å²) in [4.78, 5) is 49.7. The minimum Gasteiger partial charge on any atom is -0.394 e. The Bertz CT molecular complexity index is 2310. The van der Waals surface area contributed by atoms with Gasteiger partial charge in [0, 0.05) is 27.7 Å². The van der Waals surface area contributed by atoms with Gasteiger partial charge in [0.1, 0.15) is 165 Å². The van der Waals surface area contributed by atoms with Crippen molar-refractivity contribution >= 4 is 23.6 Å². The molecule has 0 bridgehead atoms. The maximum atomic E-state index is 12.8. The number of carbonyl (C=O) groups excluding carboxylic acids is 4. The average Bonchev–Trinajstić information content (AvgIpc) is 0.827. The summed E-state index contributed by atoms with van der Waals surface area (Å²) in [6.07, 6.45) is -59.7. The van der Waals surface area contributed by atoms with Crippen molar-refractivity contribution in [2.24, 2.45) is 0 Å². The number of nitrogens with one attached hydrogen (secondary N) is 4. The highest BCUT2D eigenvalue weighted by Crippen LogP contribution is 2.38. The van der Waals surface area contributed by atoms with Gasteiger partial charge in [0.25, 0.3) is 0 Å². The number of hydrogen-bond donors (Lipinski definition) is 22. The molecule has 7 rings (SSSR count). The van der Waals surface area contributed by atoms with Crippen LogP contribution in [0.1, 0.15) is 34.6 Å². The average molecular weight is 1320 g/mol. The number of ether oxygens (including phenoxy) is 13. The number of carbonyl (C=O) groups is 4. The molecule has 7 aliphatic heterocycles. The zero-order valence-electron chi connectivity index (χ0n) is 49.1. The van der Waals surface area contributed by atoms with E-state index in [4.69, 9.17) is 61.6 Å².